The third kappa shape index (κ3) is 4.06. The predicted molar refractivity (Wildman–Crippen MR) is 66.6 cm³/mol. The van der Waals surface area contributed by atoms with E-state index in [0.717, 1.165) is 5.56 Å². The molecule has 1 aromatic carbocycles. The molecule has 2 atom stereocenters. The lowest BCUT2D eigenvalue weighted by Crippen LogP contribution is -2.49. The molecule has 6 heteroatoms. The van der Waals surface area contributed by atoms with Gasteiger partial charge in [-0.2, -0.15) is 0 Å². The van der Waals surface area contributed by atoms with Gasteiger partial charge in [-0.25, -0.2) is 0 Å². The van der Waals surface area contributed by atoms with E-state index in [9.17, 15) is 9.59 Å². The molecule has 0 heterocycles. The summed E-state index contributed by atoms with van der Waals surface area (Å²) < 4.78 is 0. The SMILES string of the molecule is CC(NC(=O)[C@@H](N)Cc1ccc(O)cc1)C(N)=O. The van der Waals surface area contributed by atoms with Gasteiger partial charge in [-0.3, -0.25) is 9.59 Å². The molecule has 6 N–H and O–H groups in total. The predicted octanol–water partition coefficient (Wildman–Crippen LogP) is -0.748. The Morgan fingerprint density at radius 2 is 1.89 bits per heavy atom. The van der Waals surface area contributed by atoms with Crippen molar-refractivity contribution in [2.45, 2.75) is 25.4 Å². The lowest BCUT2D eigenvalue weighted by Gasteiger charge is -2.15. The molecule has 1 rings (SSSR count). The van der Waals surface area contributed by atoms with Crippen molar-refractivity contribution in [3.8, 4) is 5.75 Å². The normalized spacial score (nSPS) is 13.7. The van der Waals surface area contributed by atoms with Crippen LogP contribution in [0.4, 0.5) is 0 Å². The standard InChI is InChI=1S/C12H17N3O3/c1-7(11(14)17)15-12(18)10(13)6-8-2-4-9(16)5-3-8/h2-5,7,10,16H,6,13H2,1H3,(H2,14,17)(H,15,18)/t7?,10-/m0/s1. The molecule has 0 aromatic heterocycles. The Morgan fingerprint density at radius 3 is 2.39 bits per heavy atom. The molecule has 0 spiro atoms. The van der Waals surface area contributed by atoms with Crippen LogP contribution in [0.3, 0.4) is 0 Å². The lowest BCUT2D eigenvalue weighted by molar-refractivity contribution is -0.127. The van der Waals surface area contributed by atoms with E-state index >= 15 is 0 Å². The summed E-state index contributed by atoms with van der Waals surface area (Å²) in [7, 11) is 0. The highest BCUT2D eigenvalue weighted by Crippen LogP contribution is 2.10. The smallest absolute Gasteiger partial charge is 0.239 e. The van der Waals surface area contributed by atoms with Gasteiger partial charge in [-0.05, 0) is 31.0 Å². The fraction of sp³-hybridized carbons (Fsp3) is 0.333. The van der Waals surface area contributed by atoms with Gasteiger partial charge in [0.25, 0.3) is 0 Å². The van der Waals surface area contributed by atoms with E-state index in [1.54, 1.807) is 12.1 Å². The van der Waals surface area contributed by atoms with Crippen molar-refractivity contribution in [3.63, 3.8) is 0 Å². The van der Waals surface area contributed by atoms with Crippen LogP contribution in [0.1, 0.15) is 12.5 Å². The van der Waals surface area contributed by atoms with Gasteiger partial charge >= 0.3 is 0 Å². The minimum Gasteiger partial charge on any atom is -0.508 e. The average molecular weight is 251 g/mol. The second-order valence-corrected chi connectivity index (χ2v) is 4.11. The van der Waals surface area contributed by atoms with E-state index in [-0.39, 0.29) is 5.75 Å². The monoisotopic (exact) mass is 251 g/mol. The number of nitrogens with one attached hydrogen (secondary N) is 1. The maximum absolute atomic E-state index is 11.6. The Balaban J connectivity index is 2.54. The highest BCUT2D eigenvalue weighted by Gasteiger charge is 2.18. The second kappa shape index (κ2) is 6.02. The highest BCUT2D eigenvalue weighted by molar-refractivity contribution is 5.88. The third-order valence-corrected chi connectivity index (χ3v) is 2.51. The van der Waals surface area contributed by atoms with Gasteiger partial charge in [0.1, 0.15) is 11.8 Å². The maximum atomic E-state index is 11.6. The summed E-state index contributed by atoms with van der Waals surface area (Å²) in [4.78, 5) is 22.4. The molecule has 98 valence electrons. The number of hydrogen-bond acceptors (Lipinski definition) is 4. The fourth-order valence-corrected chi connectivity index (χ4v) is 1.37. The number of nitrogens with two attached hydrogens (primary N) is 2. The van der Waals surface area contributed by atoms with Gasteiger partial charge in [0.2, 0.25) is 11.8 Å². The van der Waals surface area contributed by atoms with Crippen LogP contribution in [0.5, 0.6) is 5.75 Å². The van der Waals surface area contributed by atoms with E-state index in [2.05, 4.69) is 5.32 Å². The second-order valence-electron chi connectivity index (χ2n) is 4.11. The Hall–Kier alpha value is -2.08. The first kappa shape index (κ1) is 14.0. The average Bonchev–Trinajstić information content (AvgIpc) is 2.31. The van der Waals surface area contributed by atoms with Crippen LogP contribution < -0.4 is 16.8 Å². The number of primary amides is 1. The first-order chi connectivity index (χ1) is 8.40. The molecule has 2 amide bonds. The molecule has 0 aliphatic rings. The Kier molecular flexibility index (Phi) is 4.67. The summed E-state index contributed by atoms with van der Waals surface area (Å²) in [6.45, 7) is 1.49. The Bertz CT molecular complexity index is 431. The molecule has 0 bridgehead atoms. The van der Waals surface area contributed by atoms with Gasteiger partial charge in [0.15, 0.2) is 0 Å². The molecule has 0 radical (unpaired) electrons. The van der Waals surface area contributed by atoms with Crippen LogP contribution in [-0.4, -0.2) is 29.0 Å². The van der Waals surface area contributed by atoms with Gasteiger partial charge in [-0.1, -0.05) is 12.1 Å². The Labute approximate surface area is 105 Å². The molecule has 0 fully saturated rings. The number of carbonyl (C=O) groups excluding carboxylic acids is 2. The topological polar surface area (TPSA) is 118 Å². The summed E-state index contributed by atoms with van der Waals surface area (Å²) in [6, 6.07) is 4.89. The minimum absolute atomic E-state index is 0.152. The van der Waals surface area contributed by atoms with Crippen molar-refractivity contribution in [1.29, 1.82) is 0 Å². The molecule has 0 saturated carbocycles. The summed E-state index contributed by atoms with van der Waals surface area (Å²) in [5.74, 6) is -0.895. The van der Waals surface area contributed by atoms with Crippen molar-refractivity contribution < 1.29 is 14.7 Å². The molecule has 18 heavy (non-hydrogen) atoms. The molecular weight excluding hydrogens is 234 g/mol. The molecule has 0 aliphatic heterocycles. The summed E-state index contributed by atoms with van der Waals surface area (Å²) in [5.41, 5.74) is 11.6. The van der Waals surface area contributed by atoms with Crippen LogP contribution in [-0.2, 0) is 16.0 Å². The quantitative estimate of drug-likeness (QED) is 0.550. The van der Waals surface area contributed by atoms with Crippen molar-refractivity contribution in [3.05, 3.63) is 29.8 Å². The van der Waals surface area contributed by atoms with Gasteiger partial charge in [0, 0.05) is 0 Å². The molecule has 0 saturated heterocycles. The van der Waals surface area contributed by atoms with Crippen LogP contribution in [0, 0.1) is 0 Å². The lowest BCUT2D eigenvalue weighted by atomic mass is 10.1. The number of hydrogen-bond donors (Lipinski definition) is 4. The number of rotatable bonds is 5. The summed E-state index contributed by atoms with van der Waals surface area (Å²) in [6.07, 6.45) is 0.317. The van der Waals surface area contributed by atoms with Crippen LogP contribution in [0.25, 0.3) is 0 Å². The van der Waals surface area contributed by atoms with E-state index in [0.29, 0.717) is 6.42 Å². The molecule has 1 unspecified atom stereocenters. The minimum atomic E-state index is -0.767. The molecular formula is C12H17N3O3. The van der Waals surface area contributed by atoms with Gasteiger partial charge in [0.05, 0.1) is 6.04 Å². The van der Waals surface area contributed by atoms with Crippen LogP contribution in [0.15, 0.2) is 24.3 Å². The molecule has 6 nitrogen and oxygen atoms in total. The van der Waals surface area contributed by atoms with Gasteiger partial charge < -0.3 is 21.9 Å². The van der Waals surface area contributed by atoms with Gasteiger partial charge in [-0.15, -0.1) is 0 Å². The number of amides is 2. The highest BCUT2D eigenvalue weighted by atomic mass is 16.3. The summed E-state index contributed by atoms with van der Waals surface area (Å²) >= 11 is 0. The molecule has 1 aromatic rings. The van der Waals surface area contributed by atoms with Crippen LogP contribution in [0.2, 0.25) is 0 Å². The van der Waals surface area contributed by atoms with Crippen molar-refractivity contribution in [2.24, 2.45) is 11.5 Å². The van der Waals surface area contributed by atoms with Crippen LogP contribution >= 0.6 is 0 Å². The Morgan fingerprint density at radius 1 is 1.33 bits per heavy atom. The number of phenols is 1. The van der Waals surface area contributed by atoms with Crippen molar-refractivity contribution in [1.82, 2.24) is 5.32 Å². The van der Waals surface area contributed by atoms with Crippen molar-refractivity contribution >= 4 is 11.8 Å². The number of carbonyl (C=O) groups is 2. The van der Waals surface area contributed by atoms with E-state index in [1.807, 2.05) is 0 Å². The zero-order chi connectivity index (χ0) is 13.7. The third-order valence-electron chi connectivity index (χ3n) is 2.51. The van der Waals surface area contributed by atoms with E-state index < -0.39 is 23.9 Å². The zero-order valence-electron chi connectivity index (χ0n) is 10.1. The fourth-order valence-electron chi connectivity index (χ4n) is 1.37. The largest absolute Gasteiger partial charge is 0.508 e. The number of aromatic hydroxyl groups is 1. The zero-order valence-corrected chi connectivity index (χ0v) is 10.1. The van der Waals surface area contributed by atoms with E-state index in [1.165, 1.54) is 19.1 Å². The van der Waals surface area contributed by atoms with E-state index in [4.69, 9.17) is 16.6 Å². The summed E-state index contributed by atoms with van der Waals surface area (Å²) in [5, 5.41) is 11.5. The molecule has 0 aliphatic carbocycles. The van der Waals surface area contributed by atoms with Crippen molar-refractivity contribution in [2.75, 3.05) is 0 Å². The number of phenolic OH excluding ortho intramolecular Hbond substituents is 1. The maximum Gasteiger partial charge on any atom is 0.239 e. The first-order valence-corrected chi connectivity index (χ1v) is 5.53. The first-order valence-electron chi connectivity index (χ1n) is 5.53. The number of benzene rings is 1.